The number of nitrogens with one attached hydrogen (secondary N) is 1. The highest BCUT2D eigenvalue weighted by Crippen LogP contribution is 2.23. The highest BCUT2D eigenvalue weighted by molar-refractivity contribution is 5.86. The summed E-state index contributed by atoms with van der Waals surface area (Å²) in [7, 11) is 0. The van der Waals surface area contributed by atoms with E-state index in [1.165, 1.54) is 16.3 Å². The van der Waals surface area contributed by atoms with E-state index in [1.807, 2.05) is 6.07 Å². The molecule has 20 heavy (non-hydrogen) atoms. The first kappa shape index (κ1) is 14.4. The monoisotopic (exact) mass is 283 g/mol. The average Bonchev–Trinajstić information content (AvgIpc) is 2.48. The third-order valence-electron chi connectivity index (χ3n) is 3.43. The minimum absolute atomic E-state index is 0. The molecule has 0 radical (unpaired) electrons. The van der Waals surface area contributed by atoms with Gasteiger partial charge in [-0.2, -0.15) is 0 Å². The van der Waals surface area contributed by atoms with Crippen molar-refractivity contribution in [3.05, 3.63) is 78.4 Å². The molecule has 0 bridgehead atoms. The maximum atomic E-state index is 3.55. The normalized spacial score (nSPS) is 11.7. The van der Waals surface area contributed by atoms with Crippen LogP contribution in [0.5, 0.6) is 0 Å². The number of fused-ring (bicyclic) bond motifs is 1. The van der Waals surface area contributed by atoms with Gasteiger partial charge in [0.05, 0.1) is 0 Å². The van der Waals surface area contributed by atoms with Crippen molar-refractivity contribution in [1.82, 2.24) is 0 Å². The van der Waals surface area contributed by atoms with Crippen LogP contribution >= 0.6 is 12.4 Å². The van der Waals surface area contributed by atoms with Crippen molar-refractivity contribution in [2.45, 2.75) is 13.0 Å². The molecule has 3 aromatic rings. The van der Waals surface area contributed by atoms with Crippen LogP contribution in [-0.4, -0.2) is 0 Å². The molecule has 3 aromatic carbocycles. The summed E-state index contributed by atoms with van der Waals surface area (Å²) in [5.41, 5.74) is 2.46. The van der Waals surface area contributed by atoms with Crippen molar-refractivity contribution in [1.29, 1.82) is 0 Å². The van der Waals surface area contributed by atoms with E-state index in [-0.39, 0.29) is 12.4 Å². The SMILES string of the molecule is C[C@H](Nc1ccc2ccccc2c1)c1ccccc1.Cl. The zero-order chi connectivity index (χ0) is 13.1. The van der Waals surface area contributed by atoms with E-state index in [1.54, 1.807) is 0 Å². The minimum atomic E-state index is 0. The number of halogens is 1. The van der Waals surface area contributed by atoms with E-state index in [0.29, 0.717) is 6.04 Å². The molecule has 0 amide bonds. The summed E-state index contributed by atoms with van der Waals surface area (Å²) in [6, 6.07) is 25.8. The molecule has 3 rings (SSSR count). The van der Waals surface area contributed by atoms with Crippen molar-refractivity contribution in [2.75, 3.05) is 5.32 Å². The Morgan fingerprint density at radius 2 is 1.40 bits per heavy atom. The maximum absolute atomic E-state index is 3.55. The maximum Gasteiger partial charge on any atom is 0.0485 e. The Bertz CT molecular complexity index is 679. The summed E-state index contributed by atoms with van der Waals surface area (Å²) < 4.78 is 0. The van der Waals surface area contributed by atoms with Gasteiger partial charge < -0.3 is 5.32 Å². The van der Waals surface area contributed by atoms with Crippen LogP contribution in [-0.2, 0) is 0 Å². The van der Waals surface area contributed by atoms with Crippen molar-refractivity contribution in [3.63, 3.8) is 0 Å². The third kappa shape index (κ3) is 3.12. The van der Waals surface area contributed by atoms with Crippen LogP contribution in [0.2, 0.25) is 0 Å². The first-order valence-electron chi connectivity index (χ1n) is 6.63. The number of benzene rings is 3. The fourth-order valence-corrected chi connectivity index (χ4v) is 2.35. The average molecular weight is 284 g/mol. The third-order valence-corrected chi connectivity index (χ3v) is 3.43. The Labute approximate surface area is 126 Å². The topological polar surface area (TPSA) is 12.0 Å². The molecule has 102 valence electrons. The minimum Gasteiger partial charge on any atom is -0.379 e. The molecule has 0 aliphatic rings. The number of hydrogen-bond acceptors (Lipinski definition) is 1. The number of hydrogen-bond donors (Lipinski definition) is 1. The molecular formula is C18H18ClN. The Morgan fingerprint density at radius 3 is 2.15 bits per heavy atom. The molecule has 0 saturated carbocycles. The van der Waals surface area contributed by atoms with Gasteiger partial charge in [-0.1, -0.05) is 60.7 Å². The molecule has 2 heteroatoms. The number of rotatable bonds is 3. The number of anilines is 1. The summed E-state index contributed by atoms with van der Waals surface area (Å²) in [6.45, 7) is 2.19. The Balaban J connectivity index is 0.00000147. The molecule has 0 aromatic heterocycles. The largest absolute Gasteiger partial charge is 0.379 e. The van der Waals surface area contributed by atoms with E-state index in [9.17, 15) is 0 Å². The van der Waals surface area contributed by atoms with E-state index < -0.39 is 0 Å². The van der Waals surface area contributed by atoms with Gasteiger partial charge in [0.15, 0.2) is 0 Å². The molecule has 0 fully saturated rings. The Morgan fingerprint density at radius 1 is 0.750 bits per heavy atom. The molecule has 0 unspecified atom stereocenters. The molecule has 0 heterocycles. The lowest BCUT2D eigenvalue weighted by molar-refractivity contribution is 0.885. The summed E-state index contributed by atoms with van der Waals surface area (Å²) in [6.07, 6.45) is 0. The van der Waals surface area contributed by atoms with E-state index >= 15 is 0 Å². The van der Waals surface area contributed by atoms with Crippen molar-refractivity contribution in [3.8, 4) is 0 Å². The quantitative estimate of drug-likeness (QED) is 0.675. The smallest absolute Gasteiger partial charge is 0.0485 e. The van der Waals surface area contributed by atoms with E-state index in [0.717, 1.165) is 5.69 Å². The second kappa shape index (κ2) is 6.44. The van der Waals surface area contributed by atoms with Crippen LogP contribution in [0.3, 0.4) is 0 Å². The summed E-state index contributed by atoms with van der Waals surface area (Å²) in [5.74, 6) is 0. The zero-order valence-electron chi connectivity index (χ0n) is 11.4. The molecular weight excluding hydrogens is 266 g/mol. The molecule has 1 nitrogen and oxygen atoms in total. The predicted molar refractivity (Wildman–Crippen MR) is 89.7 cm³/mol. The van der Waals surface area contributed by atoms with Crippen molar-refractivity contribution < 1.29 is 0 Å². The van der Waals surface area contributed by atoms with Crippen LogP contribution in [0.4, 0.5) is 5.69 Å². The van der Waals surface area contributed by atoms with Gasteiger partial charge in [0.2, 0.25) is 0 Å². The van der Waals surface area contributed by atoms with Crippen molar-refractivity contribution >= 4 is 28.9 Å². The molecule has 0 saturated heterocycles. The molecule has 0 aliphatic carbocycles. The lowest BCUT2D eigenvalue weighted by Gasteiger charge is -2.16. The van der Waals surface area contributed by atoms with Crippen LogP contribution in [0.15, 0.2) is 72.8 Å². The lowest BCUT2D eigenvalue weighted by atomic mass is 10.1. The Kier molecular flexibility index (Phi) is 4.65. The van der Waals surface area contributed by atoms with Crippen LogP contribution < -0.4 is 5.32 Å². The first-order chi connectivity index (χ1) is 9.33. The first-order valence-corrected chi connectivity index (χ1v) is 6.63. The Hall–Kier alpha value is -1.99. The van der Waals surface area contributed by atoms with Crippen LogP contribution in [0.25, 0.3) is 10.8 Å². The summed E-state index contributed by atoms with van der Waals surface area (Å²) in [4.78, 5) is 0. The van der Waals surface area contributed by atoms with Gasteiger partial charge in [-0.3, -0.25) is 0 Å². The highest BCUT2D eigenvalue weighted by atomic mass is 35.5. The van der Waals surface area contributed by atoms with Gasteiger partial charge in [-0.15, -0.1) is 12.4 Å². The van der Waals surface area contributed by atoms with Gasteiger partial charge in [0.25, 0.3) is 0 Å². The molecule has 1 atom stereocenters. The molecule has 0 aliphatic heterocycles. The fourth-order valence-electron chi connectivity index (χ4n) is 2.35. The lowest BCUT2D eigenvalue weighted by Crippen LogP contribution is -2.06. The zero-order valence-corrected chi connectivity index (χ0v) is 12.2. The summed E-state index contributed by atoms with van der Waals surface area (Å²) in [5, 5.41) is 6.10. The van der Waals surface area contributed by atoms with Crippen LogP contribution in [0.1, 0.15) is 18.5 Å². The highest BCUT2D eigenvalue weighted by Gasteiger charge is 2.04. The molecule has 1 N–H and O–H groups in total. The van der Waals surface area contributed by atoms with E-state index in [4.69, 9.17) is 0 Å². The van der Waals surface area contributed by atoms with Gasteiger partial charge in [-0.05, 0) is 35.4 Å². The fraction of sp³-hybridized carbons (Fsp3) is 0.111. The predicted octanol–water partition coefficient (Wildman–Crippen LogP) is 5.43. The standard InChI is InChI=1S/C18H17N.ClH/c1-14(15-7-3-2-4-8-15)19-18-12-11-16-9-5-6-10-17(16)13-18;/h2-14,19H,1H3;1H/t14-;/m0./s1. The van der Waals surface area contributed by atoms with Crippen LogP contribution in [0, 0.1) is 0 Å². The van der Waals surface area contributed by atoms with Crippen molar-refractivity contribution in [2.24, 2.45) is 0 Å². The second-order valence-corrected chi connectivity index (χ2v) is 4.84. The van der Waals surface area contributed by atoms with Gasteiger partial charge in [0, 0.05) is 11.7 Å². The van der Waals surface area contributed by atoms with Gasteiger partial charge in [0.1, 0.15) is 0 Å². The van der Waals surface area contributed by atoms with E-state index in [2.05, 4.69) is 79.0 Å². The molecule has 0 spiro atoms. The van der Waals surface area contributed by atoms with Gasteiger partial charge in [-0.25, -0.2) is 0 Å². The van der Waals surface area contributed by atoms with Gasteiger partial charge >= 0.3 is 0 Å². The second-order valence-electron chi connectivity index (χ2n) is 4.84. The summed E-state index contributed by atoms with van der Waals surface area (Å²) >= 11 is 0.